The summed E-state index contributed by atoms with van der Waals surface area (Å²) in [5.41, 5.74) is 1.27. The SMILES string of the molecule is COC(=O)Cn1nc(C)c2c(C(F)F)cc(-c3ccccc3OC)nc21. The minimum atomic E-state index is -2.72. The molecule has 0 radical (unpaired) electrons. The number of pyridine rings is 1. The largest absolute Gasteiger partial charge is 0.496 e. The lowest BCUT2D eigenvalue weighted by atomic mass is 10.0. The number of aromatic nitrogens is 3. The molecule has 0 aliphatic carbocycles. The Morgan fingerprint density at radius 3 is 2.65 bits per heavy atom. The summed E-state index contributed by atoms with van der Waals surface area (Å²) in [6.07, 6.45) is -2.72. The van der Waals surface area contributed by atoms with Crippen molar-refractivity contribution in [3.63, 3.8) is 0 Å². The van der Waals surface area contributed by atoms with Gasteiger partial charge in [-0.05, 0) is 25.1 Å². The zero-order valence-electron chi connectivity index (χ0n) is 14.5. The predicted molar refractivity (Wildman–Crippen MR) is 91.2 cm³/mol. The summed E-state index contributed by atoms with van der Waals surface area (Å²) in [6, 6.07) is 8.34. The van der Waals surface area contributed by atoms with Gasteiger partial charge in [0.15, 0.2) is 5.65 Å². The summed E-state index contributed by atoms with van der Waals surface area (Å²) < 4.78 is 38.6. The number of ether oxygens (including phenoxy) is 2. The van der Waals surface area contributed by atoms with Crippen LogP contribution in [0.1, 0.15) is 17.7 Å². The van der Waals surface area contributed by atoms with Crippen molar-refractivity contribution >= 4 is 17.0 Å². The first kappa shape index (κ1) is 17.8. The third-order valence-corrected chi connectivity index (χ3v) is 4.03. The fraction of sp³-hybridized carbons (Fsp3) is 0.278. The van der Waals surface area contributed by atoms with E-state index in [-0.39, 0.29) is 23.1 Å². The summed E-state index contributed by atoms with van der Waals surface area (Å²) in [4.78, 5) is 16.1. The maximum absolute atomic E-state index is 13.7. The number of esters is 1. The highest BCUT2D eigenvalue weighted by Crippen LogP contribution is 2.35. The lowest BCUT2D eigenvalue weighted by Crippen LogP contribution is -2.13. The van der Waals surface area contributed by atoms with Gasteiger partial charge >= 0.3 is 5.97 Å². The first-order chi connectivity index (χ1) is 12.5. The molecule has 3 aromatic rings. The quantitative estimate of drug-likeness (QED) is 0.651. The highest BCUT2D eigenvalue weighted by molar-refractivity contribution is 5.87. The average molecular weight is 361 g/mol. The van der Waals surface area contributed by atoms with Gasteiger partial charge in [0.2, 0.25) is 0 Å². The number of methoxy groups -OCH3 is 2. The van der Waals surface area contributed by atoms with Crippen molar-refractivity contribution in [1.82, 2.24) is 14.8 Å². The fourth-order valence-electron chi connectivity index (χ4n) is 2.85. The number of aryl methyl sites for hydroxylation is 1. The molecule has 0 saturated heterocycles. The van der Waals surface area contributed by atoms with Crippen LogP contribution in [-0.2, 0) is 16.1 Å². The predicted octanol–water partition coefficient (Wildman–Crippen LogP) is 3.53. The van der Waals surface area contributed by atoms with Crippen molar-refractivity contribution in [1.29, 1.82) is 0 Å². The van der Waals surface area contributed by atoms with E-state index in [2.05, 4.69) is 14.8 Å². The molecule has 6 nitrogen and oxygen atoms in total. The summed E-state index contributed by atoms with van der Waals surface area (Å²) >= 11 is 0. The number of alkyl halides is 2. The van der Waals surface area contributed by atoms with Crippen molar-refractivity contribution in [2.45, 2.75) is 19.9 Å². The van der Waals surface area contributed by atoms with Gasteiger partial charge in [-0.25, -0.2) is 18.4 Å². The lowest BCUT2D eigenvalue weighted by Gasteiger charge is -2.11. The van der Waals surface area contributed by atoms with Gasteiger partial charge in [0.1, 0.15) is 12.3 Å². The Morgan fingerprint density at radius 2 is 2.00 bits per heavy atom. The number of carbonyl (C=O) groups excluding carboxylic acids is 1. The molecule has 0 fully saturated rings. The molecular weight excluding hydrogens is 344 g/mol. The molecule has 0 bridgehead atoms. The van der Waals surface area contributed by atoms with Crippen molar-refractivity contribution in [3.8, 4) is 17.0 Å². The number of hydrogen-bond acceptors (Lipinski definition) is 5. The van der Waals surface area contributed by atoms with Gasteiger partial charge in [-0.2, -0.15) is 5.10 Å². The van der Waals surface area contributed by atoms with Crippen molar-refractivity contribution in [2.24, 2.45) is 0 Å². The number of hydrogen-bond donors (Lipinski definition) is 0. The molecule has 0 unspecified atom stereocenters. The van der Waals surface area contributed by atoms with Crippen LogP contribution in [0.25, 0.3) is 22.3 Å². The van der Waals surface area contributed by atoms with Crippen LogP contribution in [0.3, 0.4) is 0 Å². The van der Waals surface area contributed by atoms with E-state index in [0.717, 1.165) is 0 Å². The molecule has 0 spiro atoms. The number of benzene rings is 1. The Hall–Kier alpha value is -3.03. The van der Waals surface area contributed by atoms with E-state index >= 15 is 0 Å². The Balaban J connectivity index is 2.29. The second-order valence-corrected chi connectivity index (χ2v) is 5.62. The van der Waals surface area contributed by atoms with E-state index in [1.807, 2.05) is 0 Å². The summed E-state index contributed by atoms with van der Waals surface area (Å²) in [6.45, 7) is 1.39. The van der Waals surface area contributed by atoms with Crippen molar-refractivity contribution < 1.29 is 23.0 Å². The topological polar surface area (TPSA) is 66.2 Å². The van der Waals surface area contributed by atoms with Crippen LogP contribution >= 0.6 is 0 Å². The van der Waals surface area contributed by atoms with Crippen LogP contribution in [0.2, 0.25) is 0 Å². The molecule has 0 aliphatic rings. The van der Waals surface area contributed by atoms with Gasteiger partial charge in [0.05, 0.1) is 31.0 Å². The molecule has 0 saturated carbocycles. The highest BCUT2D eigenvalue weighted by atomic mass is 19.3. The van der Waals surface area contributed by atoms with E-state index in [1.165, 1.54) is 25.0 Å². The maximum Gasteiger partial charge on any atom is 0.327 e. The van der Waals surface area contributed by atoms with E-state index < -0.39 is 12.4 Å². The fourth-order valence-corrected chi connectivity index (χ4v) is 2.85. The Kier molecular flexibility index (Phi) is 4.83. The van der Waals surface area contributed by atoms with Gasteiger partial charge in [0, 0.05) is 11.1 Å². The second kappa shape index (κ2) is 7.07. The minimum Gasteiger partial charge on any atom is -0.496 e. The second-order valence-electron chi connectivity index (χ2n) is 5.62. The van der Waals surface area contributed by atoms with E-state index in [1.54, 1.807) is 31.2 Å². The molecule has 0 aliphatic heterocycles. The molecule has 136 valence electrons. The Bertz CT molecular complexity index is 970. The number of carbonyl (C=O) groups is 1. The van der Waals surface area contributed by atoms with Gasteiger partial charge in [-0.1, -0.05) is 12.1 Å². The number of fused-ring (bicyclic) bond motifs is 1. The molecule has 3 rings (SSSR count). The molecule has 0 atom stereocenters. The van der Waals surface area contributed by atoms with Crippen molar-refractivity contribution in [2.75, 3.05) is 14.2 Å². The van der Waals surface area contributed by atoms with Crippen molar-refractivity contribution in [3.05, 3.63) is 41.6 Å². The van der Waals surface area contributed by atoms with Crippen LogP contribution in [0.4, 0.5) is 8.78 Å². The Labute approximate surface area is 148 Å². The van der Waals surface area contributed by atoms with Crippen LogP contribution in [0.15, 0.2) is 30.3 Å². The summed E-state index contributed by atoms with van der Waals surface area (Å²) in [5, 5.41) is 4.43. The smallest absolute Gasteiger partial charge is 0.327 e. The molecule has 8 heteroatoms. The van der Waals surface area contributed by atoms with E-state index in [0.29, 0.717) is 22.7 Å². The van der Waals surface area contributed by atoms with E-state index in [4.69, 9.17) is 4.74 Å². The number of para-hydroxylation sites is 1. The number of rotatable bonds is 5. The zero-order chi connectivity index (χ0) is 18.8. The standard InChI is InChI=1S/C18H17F2N3O3/c1-10-16-12(17(19)20)8-13(11-6-4-5-7-14(11)25-2)21-18(16)23(22-10)9-15(24)26-3/h4-8,17H,9H2,1-3H3. The molecule has 2 aromatic heterocycles. The zero-order valence-corrected chi connectivity index (χ0v) is 14.5. The van der Waals surface area contributed by atoms with Gasteiger partial charge in [-0.15, -0.1) is 0 Å². The minimum absolute atomic E-state index is 0.190. The van der Waals surface area contributed by atoms with E-state index in [9.17, 15) is 13.6 Å². The Morgan fingerprint density at radius 1 is 1.27 bits per heavy atom. The monoisotopic (exact) mass is 361 g/mol. The first-order valence-electron chi connectivity index (χ1n) is 7.82. The van der Waals surface area contributed by atoms with Crippen LogP contribution in [-0.4, -0.2) is 35.0 Å². The average Bonchev–Trinajstić information content (AvgIpc) is 2.96. The molecular formula is C18H17F2N3O3. The van der Waals surface area contributed by atoms with Crippen LogP contribution in [0, 0.1) is 6.92 Å². The lowest BCUT2D eigenvalue weighted by molar-refractivity contribution is -0.141. The molecule has 0 N–H and O–H groups in total. The highest BCUT2D eigenvalue weighted by Gasteiger charge is 2.22. The van der Waals surface area contributed by atoms with Gasteiger partial charge in [0.25, 0.3) is 6.43 Å². The third-order valence-electron chi connectivity index (χ3n) is 4.03. The number of halogens is 2. The van der Waals surface area contributed by atoms with Gasteiger partial charge in [-0.3, -0.25) is 4.79 Å². The molecule has 0 amide bonds. The molecule has 2 heterocycles. The molecule has 26 heavy (non-hydrogen) atoms. The van der Waals surface area contributed by atoms with Crippen LogP contribution < -0.4 is 4.74 Å². The maximum atomic E-state index is 13.7. The summed E-state index contributed by atoms with van der Waals surface area (Å²) in [5.74, 6) is -0.0344. The summed E-state index contributed by atoms with van der Waals surface area (Å²) in [7, 11) is 2.75. The van der Waals surface area contributed by atoms with Crippen LogP contribution in [0.5, 0.6) is 5.75 Å². The third kappa shape index (κ3) is 3.10. The number of nitrogens with zero attached hydrogens (tertiary/aromatic N) is 3. The van der Waals surface area contributed by atoms with Gasteiger partial charge < -0.3 is 9.47 Å². The first-order valence-corrected chi connectivity index (χ1v) is 7.82. The normalized spacial score (nSPS) is 11.2. The molecule has 1 aromatic carbocycles.